The summed E-state index contributed by atoms with van der Waals surface area (Å²) in [5, 5.41) is 0. The maximum atomic E-state index is 10.6. The number of aryl methyl sites for hydroxylation is 1. The van der Waals surface area contributed by atoms with E-state index < -0.39 is 0 Å². The third-order valence-electron chi connectivity index (χ3n) is 1.37. The molecule has 0 amide bonds. The highest BCUT2D eigenvalue weighted by atomic mass is 16.1. The monoisotopic (exact) mass is 147 g/mol. The first kappa shape index (κ1) is 7.62. The molecule has 0 aliphatic heterocycles. The van der Waals surface area contributed by atoms with Crippen LogP contribution in [0.2, 0.25) is 0 Å². The molecular formula is C9H9NO. The van der Waals surface area contributed by atoms with Crippen molar-refractivity contribution >= 4 is 0 Å². The zero-order valence-corrected chi connectivity index (χ0v) is 6.16. The highest BCUT2D eigenvalue weighted by molar-refractivity contribution is 4.94. The SMILES string of the molecule is C#CCCn1ccc(=O)cc1. The minimum Gasteiger partial charge on any atom is -0.353 e. The Kier molecular flexibility index (Phi) is 2.51. The summed E-state index contributed by atoms with van der Waals surface area (Å²) in [6.07, 6.45) is 9.25. The summed E-state index contributed by atoms with van der Waals surface area (Å²) in [6, 6.07) is 3.05. The first-order chi connectivity index (χ1) is 5.33. The van der Waals surface area contributed by atoms with E-state index in [1.807, 2.05) is 4.57 Å². The van der Waals surface area contributed by atoms with Gasteiger partial charge in [0, 0.05) is 37.5 Å². The number of aromatic nitrogens is 1. The van der Waals surface area contributed by atoms with Gasteiger partial charge in [-0.15, -0.1) is 12.3 Å². The van der Waals surface area contributed by atoms with Gasteiger partial charge in [0.2, 0.25) is 0 Å². The van der Waals surface area contributed by atoms with E-state index in [0.29, 0.717) is 6.42 Å². The van der Waals surface area contributed by atoms with E-state index in [4.69, 9.17) is 6.42 Å². The average molecular weight is 147 g/mol. The van der Waals surface area contributed by atoms with Gasteiger partial charge in [-0.1, -0.05) is 0 Å². The molecule has 0 aromatic carbocycles. The van der Waals surface area contributed by atoms with Crippen LogP contribution in [0.4, 0.5) is 0 Å². The van der Waals surface area contributed by atoms with Crippen LogP contribution in [-0.4, -0.2) is 4.57 Å². The molecule has 11 heavy (non-hydrogen) atoms. The summed E-state index contributed by atoms with van der Waals surface area (Å²) in [5.74, 6) is 2.53. The standard InChI is InChI=1S/C9H9NO/c1-2-3-6-10-7-4-9(11)5-8-10/h1,4-5,7-8H,3,6H2. The number of hydrogen-bond acceptors (Lipinski definition) is 1. The van der Waals surface area contributed by atoms with Crippen molar-refractivity contribution in [2.45, 2.75) is 13.0 Å². The van der Waals surface area contributed by atoms with Gasteiger partial charge in [-0.05, 0) is 0 Å². The Morgan fingerprint density at radius 1 is 1.45 bits per heavy atom. The van der Waals surface area contributed by atoms with Crippen LogP contribution in [0.15, 0.2) is 29.3 Å². The number of rotatable bonds is 2. The lowest BCUT2D eigenvalue weighted by Crippen LogP contribution is -2.03. The molecule has 0 saturated carbocycles. The van der Waals surface area contributed by atoms with E-state index in [1.54, 1.807) is 12.4 Å². The molecule has 0 N–H and O–H groups in total. The molecule has 0 atom stereocenters. The van der Waals surface area contributed by atoms with Gasteiger partial charge < -0.3 is 4.57 Å². The van der Waals surface area contributed by atoms with Crippen LogP contribution in [0.3, 0.4) is 0 Å². The Morgan fingerprint density at radius 2 is 2.09 bits per heavy atom. The minimum atomic E-state index is 0.0296. The summed E-state index contributed by atoms with van der Waals surface area (Å²) >= 11 is 0. The number of pyridine rings is 1. The summed E-state index contributed by atoms with van der Waals surface area (Å²) in [5.41, 5.74) is 0.0296. The van der Waals surface area contributed by atoms with Gasteiger partial charge in [-0.3, -0.25) is 4.79 Å². The van der Waals surface area contributed by atoms with E-state index in [9.17, 15) is 4.79 Å². The summed E-state index contributed by atoms with van der Waals surface area (Å²) in [6.45, 7) is 0.775. The van der Waals surface area contributed by atoms with Crippen molar-refractivity contribution in [1.82, 2.24) is 4.57 Å². The second-order valence-electron chi connectivity index (χ2n) is 2.23. The number of hydrogen-bond donors (Lipinski definition) is 0. The summed E-state index contributed by atoms with van der Waals surface area (Å²) in [7, 11) is 0. The second kappa shape index (κ2) is 3.62. The molecule has 2 nitrogen and oxygen atoms in total. The first-order valence-corrected chi connectivity index (χ1v) is 3.42. The molecule has 1 heterocycles. The van der Waals surface area contributed by atoms with E-state index in [2.05, 4.69) is 5.92 Å². The lowest BCUT2D eigenvalue weighted by Gasteiger charge is -2.00. The van der Waals surface area contributed by atoms with Crippen LogP contribution in [-0.2, 0) is 6.54 Å². The van der Waals surface area contributed by atoms with Gasteiger partial charge in [0.05, 0.1) is 0 Å². The van der Waals surface area contributed by atoms with Gasteiger partial charge in [0.15, 0.2) is 5.43 Å². The average Bonchev–Trinajstić information content (AvgIpc) is 2.04. The van der Waals surface area contributed by atoms with Gasteiger partial charge >= 0.3 is 0 Å². The molecular weight excluding hydrogens is 138 g/mol. The predicted molar refractivity (Wildman–Crippen MR) is 44.2 cm³/mol. The Labute approximate surface area is 65.5 Å². The predicted octanol–water partition coefficient (Wildman–Crippen LogP) is 0.872. The molecule has 0 spiro atoms. The maximum Gasteiger partial charge on any atom is 0.181 e. The quantitative estimate of drug-likeness (QED) is 0.569. The molecule has 0 unspecified atom stereocenters. The van der Waals surface area contributed by atoms with Crippen LogP contribution in [0, 0.1) is 12.3 Å². The van der Waals surface area contributed by atoms with Crippen molar-refractivity contribution in [3.05, 3.63) is 34.7 Å². The minimum absolute atomic E-state index is 0.0296. The highest BCUT2D eigenvalue weighted by Crippen LogP contribution is 1.86. The van der Waals surface area contributed by atoms with Crippen molar-refractivity contribution in [3.63, 3.8) is 0 Å². The van der Waals surface area contributed by atoms with Gasteiger partial charge in [0.1, 0.15) is 0 Å². The molecule has 0 radical (unpaired) electrons. The fraction of sp³-hybridized carbons (Fsp3) is 0.222. The van der Waals surface area contributed by atoms with Crippen LogP contribution in [0.25, 0.3) is 0 Å². The fourth-order valence-corrected chi connectivity index (χ4v) is 0.786. The van der Waals surface area contributed by atoms with Gasteiger partial charge in [0.25, 0.3) is 0 Å². The summed E-state index contributed by atoms with van der Waals surface area (Å²) in [4.78, 5) is 10.6. The van der Waals surface area contributed by atoms with Crippen molar-refractivity contribution in [2.24, 2.45) is 0 Å². The van der Waals surface area contributed by atoms with E-state index in [0.717, 1.165) is 6.54 Å². The van der Waals surface area contributed by atoms with Crippen molar-refractivity contribution in [3.8, 4) is 12.3 Å². The Morgan fingerprint density at radius 3 is 2.64 bits per heavy atom. The third-order valence-corrected chi connectivity index (χ3v) is 1.37. The molecule has 1 aromatic rings. The molecule has 0 aliphatic rings. The van der Waals surface area contributed by atoms with Crippen molar-refractivity contribution in [2.75, 3.05) is 0 Å². The van der Waals surface area contributed by atoms with Crippen molar-refractivity contribution < 1.29 is 0 Å². The summed E-state index contributed by atoms with van der Waals surface area (Å²) < 4.78 is 1.89. The normalized spacial score (nSPS) is 9.00. The van der Waals surface area contributed by atoms with Gasteiger partial charge in [-0.2, -0.15) is 0 Å². The number of nitrogens with zero attached hydrogens (tertiary/aromatic N) is 1. The molecule has 0 aliphatic carbocycles. The van der Waals surface area contributed by atoms with E-state index >= 15 is 0 Å². The Balaban J connectivity index is 2.68. The molecule has 0 fully saturated rings. The van der Waals surface area contributed by atoms with Crippen LogP contribution in [0.1, 0.15) is 6.42 Å². The highest BCUT2D eigenvalue weighted by Gasteiger charge is 1.85. The largest absolute Gasteiger partial charge is 0.353 e. The van der Waals surface area contributed by atoms with Crippen LogP contribution in [0.5, 0.6) is 0 Å². The molecule has 56 valence electrons. The van der Waals surface area contributed by atoms with Crippen molar-refractivity contribution in [1.29, 1.82) is 0 Å². The smallest absolute Gasteiger partial charge is 0.181 e. The van der Waals surface area contributed by atoms with Gasteiger partial charge in [-0.25, -0.2) is 0 Å². The molecule has 1 rings (SSSR count). The molecule has 1 aromatic heterocycles. The maximum absolute atomic E-state index is 10.6. The van der Waals surface area contributed by atoms with E-state index in [-0.39, 0.29) is 5.43 Å². The topological polar surface area (TPSA) is 22.0 Å². The second-order valence-corrected chi connectivity index (χ2v) is 2.23. The molecule has 0 bridgehead atoms. The third kappa shape index (κ3) is 2.30. The lowest BCUT2D eigenvalue weighted by atomic mass is 10.4. The first-order valence-electron chi connectivity index (χ1n) is 3.42. The zero-order chi connectivity index (χ0) is 8.10. The Bertz CT molecular complexity index is 299. The van der Waals surface area contributed by atoms with Crippen LogP contribution >= 0.6 is 0 Å². The molecule has 0 saturated heterocycles. The Hall–Kier alpha value is -1.49. The fourth-order valence-electron chi connectivity index (χ4n) is 0.786. The molecule has 2 heteroatoms. The zero-order valence-electron chi connectivity index (χ0n) is 6.16. The lowest BCUT2D eigenvalue weighted by molar-refractivity contribution is 0.712. The van der Waals surface area contributed by atoms with Crippen LogP contribution < -0.4 is 5.43 Å². The van der Waals surface area contributed by atoms with E-state index in [1.165, 1.54) is 12.1 Å². The number of terminal acetylenes is 1.